The highest BCUT2D eigenvalue weighted by atomic mass is 16.7. The van der Waals surface area contributed by atoms with Crippen LogP contribution in [0.5, 0.6) is 0 Å². The second kappa shape index (κ2) is 41.7. The fourth-order valence-corrected chi connectivity index (χ4v) is 8.12. The highest BCUT2D eigenvalue weighted by molar-refractivity contribution is 5.80. The van der Waals surface area contributed by atoms with E-state index in [9.17, 15) is 40.5 Å². The minimum Gasteiger partial charge on any atom is -0.394 e. The van der Waals surface area contributed by atoms with E-state index < -0.39 is 74.2 Å². The Morgan fingerprint density at radius 1 is 0.540 bits per heavy atom. The van der Waals surface area contributed by atoms with Crippen LogP contribution in [0.3, 0.4) is 0 Å². The summed E-state index contributed by atoms with van der Waals surface area (Å²) in [6.45, 7) is 3.42. The van der Waals surface area contributed by atoms with Gasteiger partial charge in [0.25, 0.3) is 0 Å². The summed E-state index contributed by atoms with van der Waals surface area (Å²) in [5, 5.41) is 75.8. The fraction of sp³-hybridized carbons (Fsp3) is 0.865. The predicted octanol–water partition coefficient (Wildman–Crippen LogP) is 9.56. The number of carbonyl (C=O) groups excluding carboxylic acids is 1. The Labute approximate surface area is 384 Å². The van der Waals surface area contributed by atoms with Crippen molar-refractivity contribution in [3.8, 4) is 0 Å². The molecule has 1 fully saturated rings. The number of aliphatic hydroxyl groups is 7. The van der Waals surface area contributed by atoms with E-state index in [0.29, 0.717) is 19.3 Å². The van der Waals surface area contributed by atoms with Crippen LogP contribution in [0, 0.1) is 0 Å². The van der Waals surface area contributed by atoms with Crippen LogP contribution in [0.1, 0.15) is 219 Å². The van der Waals surface area contributed by atoms with Gasteiger partial charge in [-0.25, -0.2) is 0 Å². The molecule has 0 aromatic carbocycles. The van der Waals surface area contributed by atoms with Gasteiger partial charge in [-0.2, -0.15) is 0 Å². The minimum atomic E-state index is -1.67. The molecule has 8 N–H and O–H groups in total. The average Bonchev–Trinajstić information content (AvgIpc) is 3.28. The summed E-state index contributed by atoms with van der Waals surface area (Å²) in [4.78, 5) is 13.1. The molecule has 1 aliphatic rings. The van der Waals surface area contributed by atoms with Crippen molar-refractivity contribution in [2.45, 2.75) is 274 Å². The van der Waals surface area contributed by atoms with Gasteiger partial charge >= 0.3 is 0 Å². The number of amides is 1. The first kappa shape index (κ1) is 59.3. The zero-order chi connectivity index (χ0) is 46.2. The Kier molecular flexibility index (Phi) is 39.3. The number of hydrogen-bond acceptors (Lipinski definition) is 10. The largest absolute Gasteiger partial charge is 0.394 e. The second-order valence-corrected chi connectivity index (χ2v) is 18.2. The van der Waals surface area contributed by atoms with Gasteiger partial charge < -0.3 is 50.5 Å². The molecule has 1 aliphatic heterocycles. The molecule has 0 saturated carbocycles. The van der Waals surface area contributed by atoms with Crippen LogP contribution in [0.15, 0.2) is 36.5 Å². The summed E-state index contributed by atoms with van der Waals surface area (Å²) in [6, 6.07) is -1.19. The van der Waals surface area contributed by atoms with Gasteiger partial charge in [0.1, 0.15) is 36.6 Å². The summed E-state index contributed by atoms with van der Waals surface area (Å²) >= 11 is 0. The number of hydrogen-bond donors (Lipinski definition) is 8. The van der Waals surface area contributed by atoms with E-state index in [1.165, 1.54) is 128 Å². The molecule has 0 aromatic rings. The number of aliphatic hydroxyl groups excluding tert-OH is 7. The summed E-state index contributed by atoms with van der Waals surface area (Å²) < 4.78 is 11.1. The third kappa shape index (κ3) is 31.0. The Hall–Kier alpha value is -1.67. The number of allylic oxidation sites excluding steroid dienone is 6. The molecular formula is C52H97NO10. The molecule has 63 heavy (non-hydrogen) atoms. The molecule has 0 bridgehead atoms. The zero-order valence-electron chi connectivity index (χ0n) is 40.1. The van der Waals surface area contributed by atoms with E-state index in [2.05, 4.69) is 55.6 Å². The summed E-state index contributed by atoms with van der Waals surface area (Å²) in [6.07, 6.45) is 37.6. The number of carbonyl (C=O) groups is 1. The number of nitrogens with one attached hydrogen (secondary N) is 1. The molecule has 0 aromatic heterocycles. The first-order chi connectivity index (χ1) is 30.7. The van der Waals surface area contributed by atoms with Gasteiger partial charge in [0.05, 0.1) is 25.4 Å². The van der Waals surface area contributed by atoms with Crippen molar-refractivity contribution >= 4 is 5.91 Å². The van der Waals surface area contributed by atoms with E-state index >= 15 is 0 Å². The molecule has 9 atom stereocenters. The monoisotopic (exact) mass is 896 g/mol. The lowest BCUT2D eigenvalue weighted by atomic mass is 9.98. The van der Waals surface area contributed by atoms with Crippen LogP contribution in [0.4, 0.5) is 0 Å². The zero-order valence-corrected chi connectivity index (χ0v) is 40.1. The van der Waals surface area contributed by atoms with Crippen LogP contribution in [0.25, 0.3) is 0 Å². The van der Waals surface area contributed by atoms with Gasteiger partial charge in [0.15, 0.2) is 6.29 Å². The lowest BCUT2D eigenvalue weighted by Gasteiger charge is -2.40. The van der Waals surface area contributed by atoms with Crippen LogP contribution in [0.2, 0.25) is 0 Å². The third-order valence-electron chi connectivity index (χ3n) is 12.4. The van der Waals surface area contributed by atoms with Crippen molar-refractivity contribution in [3.63, 3.8) is 0 Å². The van der Waals surface area contributed by atoms with Crippen molar-refractivity contribution in [2.24, 2.45) is 0 Å². The highest BCUT2D eigenvalue weighted by Crippen LogP contribution is 2.23. The minimum absolute atomic E-state index is 0.242. The molecule has 0 aliphatic carbocycles. The SMILES string of the molecule is CCCCCC/C=C/CC/C=C/CC/C=C/CCCC(O)C(O)C(COC1OC(CO)C(O)C(O)C1O)NC(=O)C(O)CCCCCCCCCCCCCCCCCCCCC. The van der Waals surface area contributed by atoms with Gasteiger partial charge in [-0.15, -0.1) is 0 Å². The topological polar surface area (TPSA) is 189 Å². The molecule has 9 unspecified atom stereocenters. The molecule has 1 heterocycles. The first-order valence-corrected chi connectivity index (χ1v) is 25.9. The molecule has 0 spiro atoms. The van der Waals surface area contributed by atoms with Gasteiger partial charge in [-0.1, -0.05) is 192 Å². The Balaban J connectivity index is 2.42. The maximum atomic E-state index is 13.1. The second-order valence-electron chi connectivity index (χ2n) is 18.2. The Bertz CT molecular complexity index is 1120. The molecule has 370 valence electrons. The number of ether oxygens (including phenoxy) is 2. The third-order valence-corrected chi connectivity index (χ3v) is 12.4. The standard InChI is InChI=1S/C52H97NO10/c1-3-5-7-9-11-13-15-17-19-21-22-24-26-28-30-32-34-36-38-40-45(56)51(61)53-43(42-62-52-50(60)49(59)48(58)46(41-54)63-52)47(57)44(55)39-37-35-33-31-29-27-25-23-20-18-16-14-12-10-8-6-4-2/h14,16,23,25,31,33,43-50,52,54-60H,3-13,15,17-22,24,26-30,32,34-42H2,1-2H3,(H,53,61)/b16-14+,25-23+,33-31+. The van der Waals surface area contributed by atoms with Crippen LogP contribution >= 0.6 is 0 Å². The highest BCUT2D eigenvalue weighted by Gasteiger charge is 2.44. The molecule has 0 radical (unpaired) electrons. The van der Waals surface area contributed by atoms with E-state index in [4.69, 9.17) is 9.47 Å². The Morgan fingerprint density at radius 3 is 1.41 bits per heavy atom. The smallest absolute Gasteiger partial charge is 0.249 e. The van der Waals surface area contributed by atoms with Gasteiger partial charge in [0, 0.05) is 0 Å². The maximum absolute atomic E-state index is 13.1. The molecule has 11 heteroatoms. The van der Waals surface area contributed by atoms with Crippen molar-refractivity contribution < 1.29 is 50.0 Å². The van der Waals surface area contributed by atoms with Gasteiger partial charge in [-0.05, 0) is 64.2 Å². The summed E-state index contributed by atoms with van der Waals surface area (Å²) in [5.41, 5.74) is 0. The molecular weight excluding hydrogens is 799 g/mol. The van der Waals surface area contributed by atoms with E-state index in [-0.39, 0.29) is 12.8 Å². The number of unbranched alkanes of at least 4 members (excludes halogenated alkanes) is 25. The van der Waals surface area contributed by atoms with Crippen LogP contribution in [-0.4, -0.2) is 110 Å². The predicted molar refractivity (Wildman–Crippen MR) is 256 cm³/mol. The van der Waals surface area contributed by atoms with Gasteiger partial charge in [0.2, 0.25) is 5.91 Å². The number of rotatable bonds is 43. The fourth-order valence-electron chi connectivity index (χ4n) is 8.12. The first-order valence-electron chi connectivity index (χ1n) is 25.9. The quantitative estimate of drug-likeness (QED) is 0.0216. The van der Waals surface area contributed by atoms with E-state index in [0.717, 1.165) is 44.9 Å². The average molecular weight is 896 g/mol. The van der Waals surface area contributed by atoms with E-state index in [1.807, 2.05) is 0 Å². The van der Waals surface area contributed by atoms with Crippen molar-refractivity contribution in [1.82, 2.24) is 5.32 Å². The maximum Gasteiger partial charge on any atom is 0.249 e. The van der Waals surface area contributed by atoms with Crippen LogP contribution in [-0.2, 0) is 14.3 Å². The lowest BCUT2D eigenvalue weighted by Crippen LogP contribution is -2.60. The molecule has 1 saturated heterocycles. The van der Waals surface area contributed by atoms with Crippen LogP contribution < -0.4 is 5.32 Å². The van der Waals surface area contributed by atoms with Crippen molar-refractivity contribution in [3.05, 3.63) is 36.5 Å². The van der Waals surface area contributed by atoms with Crippen molar-refractivity contribution in [1.29, 1.82) is 0 Å². The normalized spacial score (nSPS) is 21.4. The lowest BCUT2D eigenvalue weighted by molar-refractivity contribution is -0.303. The Morgan fingerprint density at radius 2 is 0.952 bits per heavy atom. The van der Waals surface area contributed by atoms with E-state index in [1.54, 1.807) is 0 Å². The van der Waals surface area contributed by atoms with Crippen molar-refractivity contribution in [2.75, 3.05) is 13.2 Å². The summed E-state index contributed by atoms with van der Waals surface area (Å²) in [5.74, 6) is -0.711. The molecule has 11 nitrogen and oxygen atoms in total. The summed E-state index contributed by atoms with van der Waals surface area (Å²) in [7, 11) is 0. The van der Waals surface area contributed by atoms with Gasteiger partial charge in [-0.3, -0.25) is 4.79 Å². The molecule has 1 rings (SSSR count). The molecule has 1 amide bonds.